The molecular formula is C29H29N5O5. The summed E-state index contributed by atoms with van der Waals surface area (Å²) in [5.41, 5.74) is 3.15. The summed E-state index contributed by atoms with van der Waals surface area (Å²) in [5, 5.41) is 11.1. The van der Waals surface area contributed by atoms with Gasteiger partial charge >= 0.3 is 0 Å². The summed E-state index contributed by atoms with van der Waals surface area (Å²) in [5.74, 6) is 3.01. The van der Waals surface area contributed by atoms with Crippen LogP contribution in [-0.2, 0) is 4.79 Å². The molecule has 200 valence electrons. The Kier molecular flexibility index (Phi) is 7.09. The van der Waals surface area contributed by atoms with E-state index in [4.69, 9.17) is 29.0 Å². The van der Waals surface area contributed by atoms with Crippen LogP contribution in [-0.4, -0.2) is 49.1 Å². The number of carbonyl (C=O) groups is 1. The molecule has 1 atom stereocenters. The zero-order valence-corrected chi connectivity index (χ0v) is 22.3. The molecule has 0 saturated heterocycles. The van der Waals surface area contributed by atoms with Gasteiger partial charge in [-0.1, -0.05) is 18.2 Å². The van der Waals surface area contributed by atoms with Gasteiger partial charge in [-0.3, -0.25) is 4.79 Å². The quantitative estimate of drug-likeness (QED) is 0.333. The Morgan fingerprint density at radius 1 is 0.872 bits per heavy atom. The summed E-state index contributed by atoms with van der Waals surface area (Å²) in [6.45, 7) is 1.84. The molecule has 5 rings (SSSR count). The number of allylic oxidation sites excluding steroid dienone is 1. The van der Waals surface area contributed by atoms with E-state index in [0.717, 1.165) is 0 Å². The minimum Gasteiger partial charge on any atom is -0.497 e. The molecule has 2 N–H and O–H groups in total. The van der Waals surface area contributed by atoms with Crippen LogP contribution in [0.2, 0.25) is 0 Å². The number of anilines is 2. The van der Waals surface area contributed by atoms with Crippen molar-refractivity contribution in [3.63, 3.8) is 0 Å². The molecule has 3 aromatic carbocycles. The van der Waals surface area contributed by atoms with Gasteiger partial charge in [-0.15, -0.1) is 5.10 Å². The third-order valence-corrected chi connectivity index (χ3v) is 6.47. The van der Waals surface area contributed by atoms with Crippen LogP contribution in [0.1, 0.15) is 18.5 Å². The van der Waals surface area contributed by atoms with E-state index in [1.807, 2.05) is 61.5 Å². The molecule has 0 spiro atoms. The van der Waals surface area contributed by atoms with E-state index in [-0.39, 0.29) is 5.91 Å². The Balaban J connectivity index is 1.67. The Bertz CT molecular complexity index is 1520. The van der Waals surface area contributed by atoms with Crippen LogP contribution in [0, 0.1) is 0 Å². The van der Waals surface area contributed by atoms with Crippen LogP contribution < -0.4 is 29.6 Å². The molecule has 1 amide bonds. The molecule has 0 bridgehead atoms. The molecule has 1 aliphatic rings. The highest BCUT2D eigenvalue weighted by molar-refractivity contribution is 6.06. The number of methoxy groups -OCH3 is 4. The number of carbonyl (C=O) groups excluding carboxylic acids is 1. The van der Waals surface area contributed by atoms with E-state index in [0.29, 0.717) is 62.9 Å². The summed E-state index contributed by atoms with van der Waals surface area (Å²) in [4.78, 5) is 18.6. The molecule has 1 aliphatic heterocycles. The van der Waals surface area contributed by atoms with Crippen molar-refractivity contribution in [2.45, 2.75) is 13.0 Å². The first-order valence-corrected chi connectivity index (χ1v) is 12.2. The normalized spacial score (nSPS) is 14.2. The van der Waals surface area contributed by atoms with Gasteiger partial charge in [0.05, 0.1) is 34.0 Å². The molecule has 0 fully saturated rings. The lowest BCUT2D eigenvalue weighted by molar-refractivity contribution is -0.113. The van der Waals surface area contributed by atoms with E-state index in [2.05, 4.69) is 10.6 Å². The number of aromatic nitrogens is 3. The monoisotopic (exact) mass is 527 g/mol. The fourth-order valence-electron chi connectivity index (χ4n) is 4.56. The number of nitrogens with one attached hydrogen (secondary N) is 2. The molecule has 0 radical (unpaired) electrons. The standard InChI is InChI=1S/C29H29N5O5/c1-17-25(28(35)31-19-9-7-6-8-10-19)26(23-16-20(36-2)11-12-24(23)39-5)34-29(30-17)32-27(33-34)18-13-21(37-3)15-22(14-18)38-4/h6-16,26H,1-5H3,(H,31,35)(H,30,32,33). The van der Waals surface area contributed by atoms with Crippen molar-refractivity contribution in [1.82, 2.24) is 14.8 Å². The van der Waals surface area contributed by atoms with E-state index < -0.39 is 6.04 Å². The SMILES string of the molecule is COc1cc(OC)cc(-c2nc3n(n2)C(c2cc(OC)ccc2OC)C(C(=O)Nc2ccccc2)=C(C)N3)c1. The van der Waals surface area contributed by atoms with Crippen LogP contribution in [0.3, 0.4) is 0 Å². The lowest BCUT2D eigenvalue weighted by Gasteiger charge is -2.29. The van der Waals surface area contributed by atoms with Crippen molar-refractivity contribution in [2.24, 2.45) is 0 Å². The van der Waals surface area contributed by atoms with E-state index >= 15 is 0 Å². The Hall–Kier alpha value is -4.99. The van der Waals surface area contributed by atoms with Crippen molar-refractivity contribution in [2.75, 3.05) is 39.1 Å². The Morgan fingerprint density at radius 2 is 1.56 bits per heavy atom. The highest BCUT2D eigenvalue weighted by Crippen LogP contribution is 2.42. The number of hydrogen-bond donors (Lipinski definition) is 2. The van der Waals surface area contributed by atoms with Gasteiger partial charge < -0.3 is 29.6 Å². The number of hydrogen-bond acceptors (Lipinski definition) is 8. The number of rotatable bonds is 8. The summed E-state index contributed by atoms with van der Waals surface area (Å²) in [6.07, 6.45) is 0. The second-order valence-electron chi connectivity index (χ2n) is 8.80. The van der Waals surface area contributed by atoms with E-state index in [1.165, 1.54) is 0 Å². The zero-order chi connectivity index (χ0) is 27.5. The smallest absolute Gasteiger partial charge is 0.255 e. The Morgan fingerprint density at radius 3 is 2.21 bits per heavy atom. The summed E-state index contributed by atoms with van der Waals surface area (Å²) < 4.78 is 23.8. The van der Waals surface area contributed by atoms with Gasteiger partial charge in [-0.25, -0.2) is 4.68 Å². The van der Waals surface area contributed by atoms with Crippen LogP contribution >= 0.6 is 0 Å². The molecule has 4 aromatic rings. The molecule has 0 saturated carbocycles. The second kappa shape index (κ2) is 10.8. The molecular weight excluding hydrogens is 498 g/mol. The summed E-state index contributed by atoms with van der Waals surface area (Å²) in [6, 6.07) is 19.5. The maximum Gasteiger partial charge on any atom is 0.255 e. The van der Waals surface area contributed by atoms with Gasteiger partial charge in [0.25, 0.3) is 5.91 Å². The second-order valence-corrected chi connectivity index (χ2v) is 8.80. The Labute approximate surface area is 226 Å². The van der Waals surface area contributed by atoms with Crippen LogP contribution in [0.25, 0.3) is 11.4 Å². The average Bonchev–Trinajstić information content (AvgIpc) is 3.39. The molecule has 1 aromatic heterocycles. The fraction of sp³-hybridized carbons (Fsp3) is 0.207. The first-order valence-electron chi connectivity index (χ1n) is 12.2. The van der Waals surface area contributed by atoms with Crippen molar-refractivity contribution in [3.05, 3.63) is 83.6 Å². The maximum atomic E-state index is 13.8. The van der Waals surface area contributed by atoms with Gasteiger partial charge in [0.2, 0.25) is 5.95 Å². The minimum atomic E-state index is -0.677. The van der Waals surface area contributed by atoms with E-state index in [9.17, 15) is 4.79 Å². The number of benzene rings is 3. The van der Waals surface area contributed by atoms with Crippen molar-refractivity contribution in [1.29, 1.82) is 0 Å². The zero-order valence-electron chi connectivity index (χ0n) is 22.3. The van der Waals surface area contributed by atoms with Crippen molar-refractivity contribution >= 4 is 17.5 Å². The first kappa shape index (κ1) is 25.7. The first-order chi connectivity index (χ1) is 18.9. The number of amides is 1. The predicted octanol–water partition coefficient (Wildman–Crippen LogP) is 4.91. The number of nitrogens with zero attached hydrogens (tertiary/aromatic N) is 3. The van der Waals surface area contributed by atoms with Crippen LogP contribution in [0.15, 0.2) is 78.0 Å². The average molecular weight is 528 g/mol. The van der Waals surface area contributed by atoms with Gasteiger partial charge in [0, 0.05) is 28.6 Å². The molecule has 2 heterocycles. The summed E-state index contributed by atoms with van der Waals surface area (Å²) in [7, 11) is 6.35. The van der Waals surface area contributed by atoms with Crippen LogP contribution in [0.5, 0.6) is 23.0 Å². The third-order valence-electron chi connectivity index (χ3n) is 6.47. The summed E-state index contributed by atoms with van der Waals surface area (Å²) >= 11 is 0. The number of ether oxygens (including phenoxy) is 4. The van der Waals surface area contributed by atoms with Crippen molar-refractivity contribution < 1.29 is 23.7 Å². The van der Waals surface area contributed by atoms with Crippen LogP contribution in [0.4, 0.5) is 11.6 Å². The highest BCUT2D eigenvalue weighted by Gasteiger charge is 2.36. The molecule has 10 heteroatoms. The fourth-order valence-corrected chi connectivity index (χ4v) is 4.56. The van der Waals surface area contributed by atoms with Crippen molar-refractivity contribution in [3.8, 4) is 34.4 Å². The van der Waals surface area contributed by atoms with Gasteiger partial charge in [-0.05, 0) is 49.4 Å². The number of fused-ring (bicyclic) bond motifs is 1. The highest BCUT2D eigenvalue weighted by atomic mass is 16.5. The minimum absolute atomic E-state index is 0.285. The van der Waals surface area contributed by atoms with Gasteiger partial charge in [0.1, 0.15) is 29.0 Å². The van der Waals surface area contributed by atoms with E-state index in [1.54, 1.807) is 45.3 Å². The largest absolute Gasteiger partial charge is 0.497 e. The molecule has 10 nitrogen and oxygen atoms in total. The van der Waals surface area contributed by atoms with Gasteiger partial charge in [0.15, 0.2) is 5.82 Å². The van der Waals surface area contributed by atoms with Gasteiger partial charge in [-0.2, -0.15) is 4.98 Å². The molecule has 0 aliphatic carbocycles. The molecule has 1 unspecified atom stereocenters. The maximum absolute atomic E-state index is 13.8. The predicted molar refractivity (Wildman–Crippen MR) is 148 cm³/mol. The topological polar surface area (TPSA) is 109 Å². The molecule has 39 heavy (non-hydrogen) atoms. The lowest BCUT2D eigenvalue weighted by Crippen LogP contribution is -2.31. The third kappa shape index (κ3) is 4.96. The lowest BCUT2D eigenvalue weighted by atomic mass is 9.94. The number of para-hydroxylation sites is 1.